The van der Waals surface area contributed by atoms with Crippen molar-refractivity contribution in [1.82, 2.24) is 0 Å². The van der Waals surface area contributed by atoms with Crippen molar-refractivity contribution >= 4 is 33.0 Å². The van der Waals surface area contributed by atoms with Gasteiger partial charge in [0.2, 0.25) is 0 Å². The molecule has 0 spiro atoms. The molecule has 3 heterocycles. The van der Waals surface area contributed by atoms with Gasteiger partial charge in [-0.2, -0.15) is 0 Å². The lowest BCUT2D eigenvalue weighted by Gasteiger charge is -2.10. The van der Waals surface area contributed by atoms with E-state index in [1.165, 1.54) is 18.2 Å². The fourth-order valence-electron chi connectivity index (χ4n) is 3.93. The smallest absolute Gasteiger partial charge is 0.283 e. The van der Waals surface area contributed by atoms with E-state index in [1.54, 1.807) is 67.1 Å². The van der Waals surface area contributed by atoms with Crippen LogP contribution in [0.25, 0.3) is 0 Å². The van der Waals surface area contributed by atoms with Crippen LogP contribution in [0.4, 0.5) is 17.1 Å². The minimum absolute atomic E-state index is 0.0995. The molecule has 0 bridgehead atoms. The molecule has 3 aromatic carbocycles. The Hall–Kier alpha value is -4.88. The van der Waals surface area contributed by atoms with Crippen molar-refractivity contribution in [3.63, 3.8) is 0 Å². The Labute approximate surface area is 255 Å². The highest BCUT2D eigenvalue weighted by molar-refractivity contribution is 9.10. The molecule has 0 radical (unpaired) electrons. The Morgan fingerprint density at radius 2 is 1.28 bits per heavy atom. The quantitative estimate of drug-likeness (QED) is 0.151. The Balaban J connectivity index is 0.000000165. The Kier molecular flexibility index (Phi) is 13.0. The van der Waals surface area contributed by atoms with E-state index in [2.05, 4.69) is 15.9 Å². The lowest BCUT2D eigenvalue weighted by atomic mass is 10.1. The number of hydrogen-bond donors (Lipinski definition) is 0. The molecular weight excluding hydrogens is 626 g/mol. The monoisotopic (exact) mass is 653 g/mol. The van der Waals surface area contributed by atoms with E-state index in [9.17, 15) is 30.3 Å². The van der Waals surface area contributed by atoms with Crippen LogP contribution in [-0.4, -0.2) is 28.0 Å². The van der Waals surface area contributed by atoms with Crippen LogP contribution in [0.15, 0.2) is 114 Å². The van der Waals surface area contributed by atoms with Crippen molar-refractivity contribution in [1.29, 1.82) is 0 Å². The van der Waals surface area contributed by atoms with Gasteiger partial charge in [-0.1, -0.05) is 48.6 Å². The molecule has 2 atom stereocenters. The molecule has 3 aromatic rings. The standard InChI is InChI=1S/2C10H9NO3.C6H4BrNO2.C4H6O/c2*12-11(13)9-5-2-1-4-8(9)10-6-3-7-14-10;7-5-3-1-2-4-6(5)8(9)10;1-2-4-5-3-1/h1-5,7,10H,6H2;1-6,10H,7H2;1-4H;1,3H,2,4H2. The Bertz CT molecular complexity index is 1480. The predicted octanol–water partition coefficient (Wildman–Crippen LogP) is 8.07. The minimum atomic E-state index is -0.427. The van der Waals surface area contributed by atoms with E-state index in [1.807, 2.05) is 24.3 Å². The van der Waals surface area contributed by atoms with Crippen molar-refractivity contribution in [2.45, 2.75) is 25.0 Å². The number of rotatable bonds is 5. The molecule has 0 fully saturated rings. The third-order valence-corrected chi connectivity index (χ3v) is 6.61. The second kappa shape index (κ2) is 17.2. The van der Waals surface area contributed by atoms with Gasteiger partial charge in [-0.15, -0.1) is 0 Å². The summed E-state index contributed by atoms with van der Waals surface area (Å²) in [4.78, 5) is 30.4. The first-order valence-electron chi connectivity index (χ1n) is 13.0. The normalized spacial score (nSPS) is 17.1. The van der Waals surface area contributed by atoms with Crippen LogP contribution >= 0.6 is 15.9 Å². The summed E-state index contributed by atoms with van der Waals surface area (Å²) >= 11 is 3.06. The van der Waals surface area contributed by atoms with Crippen molar-refractivity contribution in [3.8, 4) is 0 Å². The molecule has 0 saturated heterocycles. The predicted molar refractivity (Wildman–Crippen MR) is 162 cm³/mol. The van der Waals surface area contributed by atoms with Crippen LogP contribution in [-0.2, 0) is 14.2 Å². The third kappa shape index (κ3) is 10.2. The summed E-state index contributed by atoms with van der Waals surface area (Å²) in [6.07, 6.45) is 12.2. The van der Waals surface area contributed by atoms with E-state index in [0.29, 0.717) is 28.6 Å². The minimum Gasteiger partial charge on any atom is -0.501 e. The molecule has 2 unspecified atom stereocenters. The number of hydrogen-bond acceptors (Lipinski definition) is 9. The summed E-state index contributed by atoms with van der Waals surface area (Å²) < 4.78 is 15.8. The highest BCUT2D eigenvalue weighted by Gasteiger charge is 2.23. The molecule has 0 amide bonds. The van der Waals surface area contributed by atoms with Gasteiger partial charge in [0.15, 0.2) is 0 Å². The molecule has 12 nitrogen and oxygen atoms in total. The van der Waals surface area contributed by atoms with Gasteiger partial charge in [0.1, 0.15) is 12.2 Å². The van der Waals surface area contributed by atoms with Gasteiger partial charge in [-0.3, -0.25) is 30.3 Å². The number of halogens is 1. The van der Waals surface area contributed by atoms with Crippen molar-refractivity contribution < 1.29 is 29.0 Å². The molecule has 3 aliphatic rings. The second-order valence-electron chi connectivity index (χ2n) is 8.79. The first-order chi connectivity index (χ1) is 20.8. The zero-order chi connectivity index (χ0) is 31.0. The van der Waals surface area contributed by atoms with E-state index >= 15 is 0 Å². The number of nitrogens with zero attached hydrogens (tertiary/aromatic N) is 3. The van der Waals surface area contributed by atoms with Gasteiger partial charge in [0.05, 0.1) is 56.1 Å². The van der Waals surface area contributed by atoms with Crippen molar-refractivity contribution in [2.75, 3.05) is 13.2 Å². The number of ether oxygens (including phenoxy) is 3. The lowest BCUT2D eigenvalue weighted by Crippen LogP contribution is -2.00. The van der Waals surface area contributed by atoms with Crippen LogP contribution in [0, 0.1) is 30.3 Å². The third-order valence-electron chi connectivity index (χ3n) is 5.94. The maximum Gasteiger partial charge on any atom is 0.283 e. The lowest BCUT2D eigenvalue weighted by molar-refractivity contribution is -0.386. The van der Waals surface area contributed by atoms with Gasteiger partial charge in [0, 0.05) is 31.0 Å². The molecule has 0 aliphatic carbocycles. The maximum atomic E-state index is 10.7. The summed E-state index contributed by atoms with van der Waals surface area (Å²) in [7, 11) is 0. The van der Waals surface area contributed by atoms with Crippen molar-refractivity contribution in [2.24, 2.45) is 0 Å². The Morgan fingerprint density at radius 1 is 0.698 bits per heavy atom. The van der Waals surface area contributed by atoms with Crippen LogP contribution in [0.2, 0.25) is 0 Å². The SMILES string of the molecule is C1=COCC1.O=[N+]([O-])c1ccccc1Br.O=[N+]([O-])c1ccccc1C1C=CCO1.O=[N+]([O-])c1ccccc1C1CC=CO1. The highest BCUT2D eigenvalue weighted by Crippen LogP contribution is 2.33. The zero-order valence-corrected chi connectivity index (χ0v) is 24.4. The van der Waals surface area contributed by atoms with E-state index < -0.39 is 4.92 Å². The van der Waals surface area contributed by atoms with Crippen LogP contribution in [0.1, 0.15) is 36.2 Å². The average molecular weight is 654 g/mol. The highest BCUT2D eigenvalue weighted by atomic mass is 79.9. The summed E-state index contributed by atoms with van der Waals surface area (Å²) in [5.74, 6) is 0. The first-order valence-corrected chi connectivity index (χ1v) is 13.8. The fourth-order valence-corrected chi connectivity index (χ4v) is 4.36. The van der Waals surface area contributed by atoms with E-state index in [4.69, 9.17) is 14.2 Å². The summed E-state index contributed by atoms with van der Waals surface area (Å²) in [5.41, 5.74) is 1.60. The molecule has 0 aromatic heterocycles. The van der Waals surface area contributed by atoms with Crippen molar-refractivity contribution in [3.05, 3.63) is 156 Å². The topological polar surface area (TPSA) is 157 Å². The number of nitro groups is 3. The second-order valence-corrected chi connectivity index (χ2v) is 9.64. The molecule has 43 heavy (non-hydrogen) atoms. The molecular formula is C30H28BrN3O9. The van der Waals surface area contributed by atoms with Gasteiger partial charge >= 0.3 is 0 Å². The average Bonchev–Trinajstić information content (AvgIpc) is 3.84. The van der Waals surface area contributed by atoms with Crippen LogP contribution in [0.3, 0.4) is 0 Å². The summed E-state index contributed by atoms with van der Waals surface area (Å²) in [6.45, 7) is 1.41. The summed E-state index contributed by atoms with van der Waals surface area (Å²) in [5, 5.41) is 31.6. The molecule has 0 saturated carbocycles. The first kappa shape index (κ1) is 32.6. The van der Waals surface area contributed by atoms with E-state index in [-0.39, 0.29) is 39.1 Å². The van der Waals surface area contributed by atoms with Gasteiger partial charge < -0.3 is 14.2 Å². The largest absolute Gasteiger partial charge is 0.501 e. The van der Waals surface area contributed by atoms with E-state index in [0.717, 1.165) is 13.0 Å². The van der Waals surface area contributed by atoms with Crippen LogP contribution in [0.5, 0.6) is 0 Å². The number of nitro benzene ring substituents is 3. The molecule has 13 heteroatoms. The Morgan fingerprint density at radius 3 is 1.72 bits per heavy atom. The number of para-hydroxylation sites is 3. The number of benzene rings is 3. The van der Waals surface area contributed by atoms with Gasteiger partial charge in [-0.25, -0.2) is 0 Å². The van der Waals surface area contributed by atoms with Gasteiger partial charge in [-0.05, 0) is 46.3 Å². The summed E-state index contributed by atoms with van der Waals surface area (Å²) in [6, 6.07) is 19.8. The molecule has 224 valence electrons. The van der Waals surface area contributed by atoms with Crippen LogP contribution < -0.4 is 0 Å². The maximum absolute atomic E-state index is 10.7. The van der Waals surface area contributed by atoms with Gasteiger partial charge in [0.25, 0.3) is 17.1 Å². The molecule has 3 aliphatic heterocycles. The molecule has 0 N–H and O–H groups in total. The fraction of sp³-hybridized carbons (Fsp3) is 0.200. The molecule has 6 rings (SSSR count). The zero-order valence-electron chi connectivity index (χ0n) is 22.8.